The molecule has 27 heavy (non-hydrogen) atoms. The number of amides is 1. The monoisotopic (exact) mass is 411 g/mol. The molecular weight excluding hydrogens is 392 g/mol. The highest BCUT2D eigenvalue weighted by Crippen LogP contribution is 2.27. The van der Waals surface area contributed by atoms with E-state index in [1.807, 2.05) is 0 Å². The quantitative estimate of drug-likeness (QED) is 0.801. The van der Waals surface area contributed by atoms with Gasteiger partial charge in [0.2, 0.25) is 0 Å². The summed E-state index contributed by atoms with van der Waals surface area (Å²) >= 11 is 11.9. The van der Waals surface area contributed by atoms with E-state index in [9.17, 15) is 14.3 Å². The number of hydrogen-bond donors (Lipinski definition) is 1. The summed E-state index contributed by atoms with van der Waals surface area (Å²) in [6.07, 6.45) is 1.55. The number of likely N-dealkylation sites (tertiary alicyclic amines) is 1. The minimum Gasteiger partial charge on any atom is -0.491 e. The molecule has 1 aliphatic rings. The Hall–Kier alpha value is -1.82. The Labute approximate surface area is 167 Å². The molecule has 1 unspecified atom stereocenters. The molecule has 1 aliphatic heterocycles. The first-order valence-electron chi connectivity index (χ1n) is 8.71. The first kappa shape index (κ1) is 19.9. The summed E-state index contributed by atoms with van der Waals surface area (Å²) in [4.78, 5) is 14.4. The van der Waals surface area contributed by atoms with Crippen LogP contribution in [0.15, 0.2) is 42.5 Å². The summed E-state index contributed by atoms with van der Waals surface area (Å²) in [6, 6.07) is 10.5. The summed E-state index contributed by atoms with van der Waals surface area (Å²) < 4.78 is 18.6. The molecule has 1 heterocycles. The fraction of sp³-hybridized carbons (Fsp3) is 0.350. The van der Waals surface area contributed by atoms with Crippen LogP contribution in [-0.4, -0.2) is 41.2 Å². The van der Waals surface area contributed by atoms with Crippen molar-refractivity contribution in [1.29, 1.82) is 0 Å². The lowest BCUT2D eigenvalue weighted by Gasteiger charge is -2.27. The molecule has 144 valence electrons. The second-order valence-electron chi connectivity index (χ2n) is 6.74. The smallest absolute Gasteiger partial charge is 0.253 e. The van der Waals surface area contributed by atoms with Crippen LogP contribution < -0.4 is 4.74 Å². The van der Waals surface area contributed by atoms with Crippen molar-refractivity contribution < 1.29 is 19.0 Å². The molecule has 0 bridgehead atoms. The molecule has 1 saturated heterocycles. The first-order valence-corrected chi connectivity index (χ1v) is 9.47. The Morgan fingerprint density at radius 2 is 1.85 bits per heavy atom. The third-order valence-electron chi connectivity index (χ3n) is 4.69. The van der Waals surface area contributed by atoms with Gasteiger partial charge in [-0.25, -0.2) is 4.39 Å². The number of halogens is 3. The lowest BCUT2D eigenvalue weighted by atomic mass is 9.96. The molecule has 4 nitrogen and oxygen atoms in total. The van der Waals surface area contributed by atoms with Crippen molar-refractivity contribution in [1.82, 2.24) is 4.90 Å². The van der Waals surface area contributed by atoms with Gasteiger partial charge in [-0.1, -0.05) is 23.2 Å². The van der Waals surface area contributed by atoms with Crippen molar-refractivity contribution >= 4 is 29.1 Å². The van der Waals surface area contributed by atoms with Gasteiger partial charge in [0.05, 0.1) is 10.0 Å². The molecule has 0 aliphatic carbocycles. The Morgan fingerprint density at radius 3 is 2.56 bits per heavy atom. The van der Waals surface area contributed by atoms with E-state index in [0.717, 1.165) is 0 Å². The van der Waals surface area contributed by atoms with Crippen molar-refractivity contribution in [3.8, 4) is 5.75 Å². The fourth-order valence-electron chi connectivity index (χ4n) is 3.09. The summed E-state index contributed by atoms with van der Waals surface area (Å²) in [5, 5.41) is 11.6. The maximum Gasteiger partial charge on any atom is 0.253 e. The molecule has 1 amide bonds. The molecule has 2 aromatic carbocycles. The van der Waals surface area contributed by atoms with E-state index in [1.165, 1.54) is 24.3 Å². The largest absolute Gasteiger partial charge is 0.491 e. The van der Waals surface area contributed by atoms with E-state index in [-0.39, 0.29) is 18.3 Å². The number of carbonyl (C=O) groups is 1. The highest BCUT2D eigenvalue weighted by atomic mass is 35.5. The number of benzene rings is 2. The fourth-order valence-corrected chi connectivity index (χ4v) is 3.38. The van der Waals surface area contributed by atoms with E-state index < -0.39 is 5.60 Å². The summed E-state index contributed by atoms with van der Waals surface area (Å²) in [7, 11) is 0. The van der Waals surface area contributed by atoms with Crippen molar-refractivity contribution in [2.75, 3.05) is 19.7 Å². The van der Waals surface area contributed by atoms with Gasteiger partial charge in [-0.15, -0.1) is 0 Å². The highest BCUT2D eigenvalue weighted by Gasteiger charge is 2.32. The zero-order chi connectivity index (χ0) is 19.4. The average Bonchev–Trinajstić information content (AvgIpc) is 2.85. The maximum atomic E-state index is 13.0. The van der Waals surface area contributed by atoms with Crippen molar-refractivity contribution in [2.24, 2.45) is 0 Å². The molecule has 2 aromatic rings. The zero-order valence-corrected chi connectivity index (χ0v) is 16.1. The van der Waals surface area contributed by atoms with Gasteiger partial charge in [-0.05, 0) is 61.7 Å². The molecule has 3 rings (SSSR count). The number of hydrogen-bond acceptors (Lipinski definition) is 3. The zero-order valence-electron chi connectivity index (χ0n) is 14.6. The molecule has 7 heteroatoms. The topological polar surface area (TPSA) is 49.8 Å². The molecule has 1 atom stereocenters. The van der Waals surface area contributed by atoms with E-state index in [2.05, 4.69) is 0 Å². The van der Waals surface area contributed by atoms with Gasteiger partial charge in [0.1, 0.15) is 23.8 Å². The molecule has 0 radical (unpaired) electrons. The van der Waals surface area contributed by atoms with Gasteiger partial charge in [-0.3, -0.25) is 4.79 Å². The summed E-state index contributed by atoms with van der Waals surface area (Å²) in [5.74, 6) is 0.0158. The Morgan fingerprint density at radius 1 is 1.11 bits per heavy atom. The van der Waals surface area contributed by atoms with Gasteiger partial charge >= 0.3 is 0 Å². The van der Waals surface area contributed by atoms with Crippen LogP contribution in [0.2, 0.25) is 10.0 Å². The number of aliphatic hydroxyl groups is 1. The summed E-state index contributed by atoms with van der Waals surface area (Å²) in [6.45, 7) is 1.04. The third kappa shape index (κ3) is 5.12. The van der Waals surface area contributed by atoms with E-state index in [1.54, 1.807) is 23.1 Å². The number of carbonyl (C=O) groups excluding carboxylic acids is 1. The van der Waals surface area contributed by atoms with Crippen LogP contribution in [0, 0.1) is 5.82 Å². The van der Waals surface area contributed by atoms with Crippen LogP contribution in [0.5, 0.6) is 5.75 Å². The van der Waals surface area contributed by atoms with Gasteiger partial charge in [0, 0.05) is 18.7 Å². The minimum absolute atomic E-state index is 0.0907. The van der Waals surface area contributed by atoms with Crippen LogP contribution in [0.25, 0.3) is 0 Å². The van der Waals surface area contributed by atoms with Gasteiger partial charge < -0.3 is 14.7 Å². The number of nitrogens with zero attached hydrogens (tertiary/aromatic N) is 1. The van der Waals surface area contributed by atoms with E-state index in [0.29, 0.717) is 53.7 Å². The van der Waals surface area contributed by atoms with E-state index in [4.69, 9.17) is 27.9 Å². The Balaban J connectivity index is 1.61. The van der Waals surface area contributed by atoms with Crippen molar-refractivity contribution in [3.05, 3.63) is 63.9 Å². The van der Waals surface area contributed by atoms with Crippen LogP contribution in [0.3, 0.4) is 0 Å². The van der Waals surface area contributed by atoms with Crippen LogP contribution >= 0.6 is 23.2 Å². The average molecular weight is 412 g/mol. The van der Waals surface area contributed by atoms with Crippen molar-refractivity contribution in [2.45, 2.75) is 24.9 Å². The minimum atomic E-state index is -1.04. The second kappa shape index (κ2) is 8.46. The van der Waals surface area contributed by atoms with Crippen LogP contribution in [-0.2, 0) is 0 Å². The molecule has 0 spiro atoms. The molecule has 1 fully saturated rings. The van der Waals surface area contributed by atoms with Crippen LogP contribution in [0.1, 0.15) is 29.6 Å². The number of ether oxygens (including phenoxy) is 1. The first-order chi connectivity index (χ1) is 12.9. The Kier molecular flexibility index (Phi) is 6.25. The standard InChI is InChI=1S/C20H20Cl2FNO3/c21-17-7-2-14(12-18(17)22)19(25)24-10-1-8-20(26,9-11-24)13-27-16-5-3-15(23)4-6-16/h2-7,12,26H,1,8-11,13H2. The predicted octanol–water partition coefficient (Wildman–Crippen LogP) is 4.57. The molecule has 1 N–H and O–H groups in total. The van der Waals surface area contributed by atoms with Crippen molar-refractivity contribution in [3.63, 3.8) is 0 Å². The van der Waals surface area contributed by atoms with E-state index >= 15 is 0 Å². The number of rotatable bonds is 4. The van der Waals surface area contributed by atoms with Gasteiger partial charge in [-0.2, -0.15) is 0 Å². The van der Waals surface area contributed by atoms with Gasteiger partial charge in [0.25, 0.3) is 5.91 Å². The molecule has 0 saturated carbocycles. The molecular formula is C20H20Cl2FNO3. The normalized spacial score (nSPS) is 20.2. The SMILES string of the molecule is O=C(c1ccc(Cl)c(Cl)c1)N1CCCC(O)(COc2ccc(F)cc2)CC1. The lowest BCUT2D eigenvalue weighted by Crippen LogP contribution is -2.38. The highest BCUT2D eigenvalue weighted by molar-refractivity contribution is 6.42. The van der Waals surface area contributed by atoms with Gasteiger partial charge in [0.15, 0.2) is 0 Å². The second-order valence-corrected chi connectivity index (χ2v) is 7.56. The molecule has 0 aromatic heterocycles. The Bertz CT molecular complexity index is 815. The predicted molar refractivity (Wildman–Crippen MR) is 103 cm³/mol. The maximum absolute atomic E-state index is 13.0. The third-order valence-corrected chi connectivity index (χ3v) is 5.43. The summed E-state index contributed by atoms with van der Waals surface area (Å²) in [5.41, 5.74) is -0.571. The lowest BCUT2D eigenvalue weighted by molar-refractivity contribution is -0.0163. The van der Waals surface area contributed by atoms with Crippen LogP contribution in [0.4, 0.5) is 4.39 Å².